The van der Waals surface area contributed by atoms with Crippen LogP contribution in [0.2, 0.25) is 0 Å². The van der Waals surface area contributed by atoms with E-state index in [1.54, 1.807) is 19.1 Å². The van der Waals surface area contributed by atoms with Crippen molar-refractivity contribution in [1.29, 1.82) is 0 Å². The number of carbonyl (C=O) groups is 1. The van der Waals surface area contributed by atoms with Gasteiger partial charge < -0.3 is 4.52 Å². The Morgan fingerprint density at radius 2 is 2.06 bits per heavy atom. The van der Waals surface area contributed by atoms with Gasteiger partial charge in [-0.3, -0.25) is 10.6 Å². The van der Waals surface area contributed by atoms with Gasteiger partial charge >= 0.3 is 6.03 Å². The van der Waals surface area contributed by atoms with Crippen LogP contribution in [0, 0.1) is 6.92 Å². The molecule has 2 rings (SSSR count). The Hall–Kier alpha value is -2.44. The van der Waals surface area contributed by atoms with Crippen molar-refractivity contribution in [2.24, 2.45) is 0 Å². The van der Waals surface area contributed by atoms with Crippen LogP contribution in [-0.4, -0.2) is 21.2 Å². The molecule has 2 heterocycles. The molecule has 0 aliphatic heterocycles. The van der Waals surface area contributed by atoms with Crippen molar-refractivity contribution in [2.45, 2.75) is 6.92 Å². The molecule has 7 heteroatoms. The van der Waals surface area contributed by atoms with Gasteiger partial charge in [0.15, 0.2) is 5.82 Å². The molecule has 0 spiro atoms. The van der Waals surface area contributed by atoms with Crippen molar-refractivity contribution in [1.82, 2.24) is 15.1 Å². The average Bonchev–Trinajstić information content (AvgIpc) is 2.65. The molecule has 0 aromatic carbocycles. The Morgan fingerprint density at radius 1 is 1.31 bits per heavy atom. The maximum atomic E-state index is 11.4. The third-order valence-electron chi connectivity index (χ3n) is 1.66. The lowest BCUT2D eigenvalue weighted by molar-refractivity contribution is 0.261. The number of hydrogen-bond donors (Lipinski definition) is 2. The van der Waals surface area contributed by atoms with Gasteiger partial charge in [0.25, 0.3) is 0 Å². The van der Waals surface area contributed by atoms with Gasteiger partial charge in [-0.2, -0.15) is 0 Å². The SMILES string of the molecule is Cc1cc(NC(=O)Nc2ncccn2)no1. The van der Waals surface area contributed by atoms with Crippen molar-refractivity contribution >= 4 is 17.8 Å². The molecule has 0 fully saturated rings. The number of amides is 2. The minimum absolute atomic E-state index is 0.222. The Kier molecular flexibility index (Phi) is 2.77. The third-order valence-corrected chi connectivity index (χ3v) is 1.66. The van der Waals surface area contributed by atoms with Crippen molar-refractivity contribution in [3.63, 3.8) is 0 Å². The number of nitrogens with one attached hydrogen (secondary N) is 2. The molecule has 0 saturated heterocycles. The second-order valence-corrected chi connectivity index (χ2v) is 2.97. The van der Waals surface area contributed by atoms with Crippen LogP contribution in [0.15, 0.2) is 29.0 Å². The number of aryl methyl sites for hydroxylation is 1. The number of anilines is 2. The van der Waals surface area contributed by atoms with Crippen molar-refractivity contribution in [2.75, 3.05) is 10.6 Å². The van der Waals surface area contributed by atoms with Crippen LogP contribution >= 0.6 is 0 Å². The van der Waals surface area contributed by atoms with E-state index in [9.17, 15) is 4.79 Å². The molecular formula is C9H9N5O2. The first-order valence-electron chi connectivity index (χ1n) is 4.52. The highest BCUT2D eigenvalue weighted by molar-refractivity contribution is 5.97. The Morgan fingerprint density at radius 3 is 2.69 bits per heavy atom. The summed E-state index contributed by atoms with van der Waals surface area (Å²) in [5, 5.41) is 8.53. The molecule has 0 aliphatic rings. The van der Waals surface area contributed by atoms with E-state index in [1.807, 2.05) is 0 Å². The molecule has 2 aromatic heterocycles. The van der Waals surface area contributed by atoms with E-state index in [0.29, 0.717) is 11.6 Å². The lowest BCUT2D eigenvalue weighted by Gasteiger charge is -2.01. The molecule has 0 unspecified atom stereocenters. The van der Waals surface area contributed by atoms with Gasteiger partial charge in [0.2, 0.25) is 5.95 Å². The van der Waals surface area contributed by atoms with Crippen LogP contribution < -0.4 is 10.6 Å². The van der Waals surface area contributed by atoms with Gasteiger partial charge in [0, 0.05) is 18.5 Å². The molecule has 7 nitrogen and oxygen atoms in total. The Bertz CT molecular complexity index is 482. The molecular weight excluding hydrogens is 210 g/mol. The molecule has 0 radical (unpaired) electrons. The lowest BCUT2D eigenvalue weighted by Crippen LogP contribution is -2.20. The van der Waals surface area contributed by atoms with Crippen LogP contribution in [-0.2, 0) is 0 Å². The molecule has 2 amide bonds. The molecule has 2 N–H and O–H groups in total. The van der Waals surface area contributed by atoms with E-state index in [2.05, 4.69) is 25.8 Å². The number of urea groups is 1. The third kappa shape index (κ3) is 2.53. The maximum Gasteiger partial charge on any atom is 0.327 e. The fourth-order valence-electron chi connectivity index (χ4n) is 1.04. The van der Waals surface area contributed by atoms with E-state index in [-0.39, 0.29) is 5.95 Å². The Balaban J connectivity index is 1.95. The van der Waals surface area contributed by atoms with Gasteiger partial charge in [-0.05, 0) is 13.0 Å². The first kappa shape index (κ1) is 10.1. The number of hydrogen-bond acceptors (Lipinski definition) is 5. The van der Waals surface area contributed by atoms with Crippen molar-refractivity contribution in [3.8, 4) is 0 Å². The number of nitrogens with zero attached hydrogens (tertiary/aromatic N) is 3. The molecule has 16 heavy (non-hydrogen) atoms. The summed E-state index contributed by atoms with van der Waals surface area (Å²) in [6, 6.07) is 2.79. The standard InChI is InChI=1S/C9H9N5O2/c1-6-5-7(14-16-6)12-9(15)13-8-10-3-2-4-11-8/h2-5H,1H3,(H2,10,11,12,13,14,15). The minimum atomic E-state index is -0.473. The molecule has 0 saturated carbocycles. The highest BCUT2D eigenvalue weighted by Crippen LogP contribution is 2.07. The summed E-state index contributed by atoms with van der Waals surface area (Å²) in [7, 11) is 0. The highest BCUT2D eigenvalue weighted by atomic mass is 16.5. The summed E-state index contributed by atoms with van der Waals surface area (Å²) in [5.74, 6) is 1.18. The van der Waals surface area contributed by atoms with Crippen LogP contribution in [0.4, 0.5) is 16.6 Å². The zero-order chi connectivity index (χ0) is 11.4. The van der Waals surface area contributed by atoms with Crippen molar-refractivity contribution in [3.05, 3.63) is 30.3 Å². The predicted molar refractivity (Wildman–Crippen MR) is 55.9 cm³/mol. The van der Waals surface area contributed by atoms with E-state index >= 15 is 0 Å². The smallest absolute Gasteiger partial charge is 0.327 e. The van der Waals surface area contributed by atoms with E-state index in [1.165, 1.54) is 12.4 Å². The van der Waals surface area contributed by atoms with Crippen LogP contribution in [0.5, 0.6) is 0 Å². The maximum absolute atomic E-state index is 11.4. The topological polar surface area (TPSA) is 92.9 Å². The van der Waals surface area contributed by atoms with E-state index in [0.717, 1.165) is 0 Å². The second-order valence-electron chi connectivity index (χ2n) is 2.97. The fraction of sp³-hybridized carbons (Fsp3) is 0.111. The van der Waals surface area contributed by atoms with Crippen LogP contribution in [0.3, 0.4) is 0 Å². The first-order chi connectivity index (χ1) is 7.74. The average molecular weight is 219 g/mol. The second kappa shape index (κ2) is 4.39. The monoisotopic (exact) mass is 219 g/mol. The van der Waals surface area contributed by atoms with Crippen LogP contribution in [0.1, 0.15) is 5.76 Å². The van der Waals surface area contributed by atoms with E-state index < -0.39 is 6.03 Å². The number of rotatable bonds is 2. The van der Waals surface area contributed by atoms with Gasteiger partial charge in [-0.15, -0.1) is 0 Å². The van der Waals surface area contributed by atoms with E-state index in [4.69, 9.17) is 4.52 Å². The molecule has 0 aliphatic carbocycles. The van der Waals surface area contributed by atoms with Crippen LogP contribution in [0.25, 0.3) is 0 Å². The first-order valence-corrected chi connectivity index (χ1v) is 4.52. The molecule has 0 bridgehead atoms. The number of aromatic nitrogens is 3. The summed E-state index contributed by atoms with van der Waals surface area (Å²) >= 11 is 0. The number of carbonyl (C=O) groups excluding carboxylic acids is 1. The van der Waals surface area contributed by atoms with Gasteiger partial charge in [0.05, 0.1) is 0 Å². The minimum Gasteiger partial charge on any atom is -0.360 e. The summed E-state index contributed by atoms with van der Waals surface area (Å²) in [4.78, 5) is 19.1. The van der Waals surface area contributed by atoms with Gasteiger partial charge in [-0.25, -0.2) is 14.8 Å². The zero-order valence-corrected chi connectivity index (χ0v) is 8.47. The summed E-state index contributed by atoms with van der Waals surface area (Å²) < 4.78 is 4.79. The van der Waals surface area contributed by atoms with Gasteiger partial charge in [-0.1, -0.05) is 5.16 Å². The Labute approximate surface area is 90.9 Å². The summed E-state index contributed by atoms with van der Waals surface area (Å²) in [6.45, 7) is 1.73. The largest absolute Gasteiger partial charge is 0.360 e. The molecule has 2 aromatic rings. The molecule has 82 valence electrons. The molecule has 0 atom stereocenters. The van der Waals surface area contributed by atoms with Crippen molar-refractivity contribution < 1.29 is 9.32 Å². The highest BCUT2D eigenvalue weighted by Gasteiger charge is 2.06. The predicted octanol–water partition coefficient (Wildman–Crippen LogP) is 1.42. The fourth-order valence-corrected chi connectivity index (χ4v) is 1.04. The summed E-state index contributed by atoms with van der Waals surface area (Å²) in [6.07, 6.45) is 3.06. The summed E-state index contributed by atoms with van der Waals surface area (Å²) in [5.41, 5.74) is 0. The lowest BCUT2D eigenvalue weighted by atomic mass is 10.5. The zero-order valence-electron chi connectivity index (χ0n) is 8.47. The quantitative estimate of drug-likeness (QED) is 0.796. The van der Waals surface area contributed by atoms with Gasteiger partial charge in [0.1, 0.15) is 5.76 Å². The normalized spacial score (nSPS) is 9.81.